The maximum absolute atomic E-state index is 13.9. The lowest BCUT2D eigenvalue weighted by Crippen LogP contribution is -2.52. The Hall–Kier alpha value is -4.85. The SMILES string of the molecule is CCOc1ncccc1-c1ccc(N2CCN3C(=O)N(c4ccc(Cl)cc4C(F)(F)F)C[C@@H]3C2)c(C(=O)NCCCn2cccn2)n1. The lowest BCUT2D eigenvalue weighted by atomic mass is 10.1. The van der Waals surface area contributed by atoms with Crippen molar-refractivity contribution >= 4 is 34.9 Å². The number of benzene rings is 1. The van der Waals surface area contributed by atoms with E-state index in [4.69, 9.17) is 21.3 Å². The zero-order chi connectivity index (χ0) is 33.1. The molecule has 0 bridgehead atoms. The van der Waals surface area contributed by atoms with Crippen LogP contribution in [0, 0.1) is 0 Å². The van der Waals surface area contributed by atoms with E-state index in [-0.39, 0.29) is 41.9 Å². The number of nitrogens with zero attached hydrogens (tertiary/aromatic N) is 7. The standard InChI is InChI=1S/C32H32ClF3N8O3/c1-2-47-30-23(6-3-11-38-30)25-8-10-27(28(40-25)29(45)37-12-4-14-42-15-5-13-39-42)41-16-17-43-22(19-41)20-44(31(43)46)26-9-7-21(33)18-24(26)32(34,35)36/h3,5-11,13,15,18,22H,2,4,12,14,16-17,19-20H2,1H3,(H,37,45)/t22-/m0/s1. The zero-order valence-corrected chi connectivity index (χ0v) is 26.2. The van der Waals surface area contributed by atoms with Crippen molar-refractivity contribution in [3.05, 3.63) is 83.4 Å². The van der Waals surface area contributed by atoms with Crippen LogP contribution in [0.25, 0.3) is 11.3 Å². The summed E-state index contributed by atoms with van der Waals surface area (Å²) in [5.74, 6) is 0.00568. The normalized spacial score (nSPS) is 16.4. The van der Waals surface area contributed by atoms with Crippen molar-refractivity contribution in [1.82, 2.24) is 30.0 Å². The van der Waals surface area contributed by atoms with E-state index in [0.29, 0.717) is 55.5 Å². The van der Waals surface area contributed by atoms with Crippen LogP contribution in [-0.4, -0.2) is 82.0 Å². The lowest BCUT2D eigenvalue weighted by molar-refractivity contribution is -0.137. The molecule has 15 heteroatoms. The van der Waals surface area contributed by atoms with Crippen LogP contribution in [0.2, 0.25) is 5.02 Å². The molecular weight excluding hydrogens is 637 g/mol. The van der Waals surface area contributed by atoms with E-state index < -0.39 is 23.8 Å². The molecule has 1 N–H and O–H groups in total. The van der Waals surface area contributed by atoms with Gasteiger partial charge in [-0.15, -0.1) is 0 Å². The zero-order valence-electron chi connectivity index (χ0n) is 25.5. The second kappa shape index (κ2) is 13.5. The molecule has 0 aliphatic carbocycles. The monoisotopic (exact) mass is 668 g/mol. The Labute approximate surface area is 273 Å². The molecule has 6 rings (SSSR count). The number of pyridine rings is 2. The number of halogens is 4. The number of fused-ring (bicyclic) bond motifs is 1. The number of piperazine rings is 1. The third kappa shape index (κ3) is 6.82. The first kappa shape index (κ1) is 32.1. The van der Waals surface area contributed by atoms with Crippen molar-refractivity contribution in [3.63, 3.8) is 0 Å². The van der Waals surface area contributed by atoms with Crippen LogP contribution >= 0.6 is 11.6 Å². The molecule has 246 valence electrons. The van der Waals surface area contributed by atoms with Crippen LogP contribution < -0.4 is 19.9 Å². The number of hydrogen-bond acceptors (Lipinski definition) is 7. The highest BCUT2D eigenvalue weighted by molar-refractivity contribution is 6.30. The Morgan fingerprint density at radius 2 is 1.91 bits per heavy atom. The van der Waals surface area contributed by atoms with E-state index in [2.05, 4.69) is 15.4 Å². The van der Waals surface area contributed by atoms with Gasteiger partial charge >= 0.3 is 12.2 Å². The quantitative estimate of drug-likeness (QED) is 0.227. The number of hydrogen-bond donors (Lipinski definition) is 1. The lowest BCUT2D eigenvalue weighted by Gasteiger charge is -2.38. The van der Waals surface area contributed by atoms with E-state index >= 15 is 0 Å². The molecule has 0 saturated carbocycles. The number of carbonyl (C=O) groups excluding carboxylic acids is 2. The summed E-state index contributed by atoms with van der Waals surface area (Å²) in [6.07, 6.45) is 1.10. The van der Waals surface area contributed by atoms with Crippen LogP contribution in [0.4, 0.5) is 29.3 Å². The van der Waals surface area contributed by atoms with Crippen molar-refractivity contribution in [3.8, 4) is 17.1 Å². The van der Waals surface area contributed by atoms with Gasteiger partial charge in [-0.05, 0) is 61.9 Å². The number of nitrogens with one attached hydrogen (secondary N) is 1. The van der Waals surface area contributed by atoms with E-state index in [9.17, 15) is 22.8 Å². The maximum Gasteiger partial charge on any atom is 0.418 e. The average molecular weight is 669 g/mol. The second-order valence-corrected chi connectivity index (χ2v) is 11.5. The molecule has 0 spiro atoms. The number of amides is 3. The van der Waals surface area contributed by atoms with Crippen LogP contribution in [0.5, 0.6) is 5.88 Å². The number of rotatable bonds is 10. The van der Waals surface area contributed by atoms with Crippen molar-refractivity contribution in [2.24, 2.45) is 0 Å². The van der Waals surface area contributed by atoms with Gasteiger partial charge in [0.05, 0.1) is 40.8 Å². The van der Waals surface area contributed by atoms with Gasteiger partial charge in [-0.2, -0.15) is 18.3 Å². The number of alkyl halides is 3. The highest BCUT2D eigenvalue weighted by atomic mass is 35.5. The molecule has 3 amide bonds. The van der Waals surface area contributed by atoms with Crippen molar-refractivity contribution in [2.45, 2.75) is 32.1 Å². The highest BCUT2D eigenvalue weighted by Crippen LogP contribution is 2.40. The van der Waals surface area contributed by atoms with Gasteiger partial charge in [0.1, 0.15) is 0 Å². The highest BCUT2D eigenvalue weighted by Gasteiger charge is 2.45. The molecule has 5 heterocycles. The number of aromatic nitrogens is 4. The summed E-state index contributed by atoms with van der Waals surface area (Å²) in [6.45, 7) is 4.17. The predicted octanol–water partition coefficient (Wildman–Crippen LogP) is 5.36. The molecule has 1 aromatic carbocycles. The largest absolute Gasteiger partial charge is 0.477 e. The molecule has 47 heavy (non-hydrogen) atoms. The Bertz CT molecular complexity index is 1750. The minimum absolute atomic E-state index is 0.0356. The minimum Gasteiger partial charge on any atom is -0.477 e. The summed E-state index contributed by atoms with van der Waals surface area (Å²) in [5.41, 5.74) is 0.640. The van der Waals surface area contributed by atoms with Crippen molar-refractivity contribution in [1.29, 1.82) is 0 Å². The minimum atomic E-state index is -4.69. The molecule has 11 nitrogen and oxygen atoms in total. The molecule has 0 radical (unpaired) electrons. The fraction of sp³-hybridized carbons (Fsp3) is 0.344. The molecule has 1 atom stereocenters. The van der Waals surface area contributed by atoms with E-state index in [1.54, 1.807) is 40.2 Å². The van der Waals surface area contributed by atoms with Gasteiger partial charge in [-0.25, -0.2) is 14.8 Å². The van der Waals surface area contributed by atoms with Crippen LogP contribution in [0.3, 0.4) is 0 Å². The van der Waals surface area contributed by atoms with E-state index in [1.165, 1.54) is 12.1 Å². The molecule has 2 saturated heterocycles. The third-order valence-corrected chi connectivity index (χ3v) is 8.31. The molecule has 2 aliphatic heterocycles. The van der Waals surface area contributed by atoms with Gasteiger partial charge in [-0.3, -0.25) is 14.4 Å². The number of carbonyl (C=O) groups is 2. The predicted molar refractivity (Wildman–Crippen MR) is 170 cm³/mol. The Balaban J connectivity index is 1.26. The molecule has 0 unspecified atom stereocenters. The summed E-state index contributed by atoms with van der Waals surface area (Å²) in [7, 11) is 0. The van der Waals surface area contributed by atoms with Gasteiger partial charge in [0, 0.05) is 62.9 Å². The molecule has 4 aromatic rings. The average Bonchev–Trinajstić information content (AvgIpc) is 3.70. The van der Waals surface area contributed by atoms with Gasteiger partial charge < -0.3 is 19.9 Å². The number of ether oxygens (including phenoxy) is 1. The fourth-order valence-electron chi connectivity index (χ4n) is 5.92. The number of urea groups is 1. The number of anilines is 2. The summed E-state index contributed by atoms with van der Waals surface area (Å²) in [5, 5.41) is 7.08. The van der Waals surface area contributed by atoms with Crippen LogP contribution in [0.15, 0.2) is 67.1 Å². The maximum atomic E-state index is 13.9. The summed E-state index contributed by atoms with van der Waals surface area (Å²) < 4.78 is 49.2. The molecule has 2 fully saturated rings. The van der Waals surface area contributed by atoms with Gasteiger partial charge in [0.15, 0.2) is 5.69 Å². The first-order chi connectivity index (χ1) is 22.6. The second-order valence-electron chi connectivity index (χ2n) is 11.1. The smallest absolute Gasteiger partial charge is 0.418 e. The van der Waals surface area contributed by atoms with Gasteiger partial charge in [0.2, 0.25) is 5.88 Å². The molecular formula is C32H32ClF3N8O3. The first-order valence-electron chi connectivity index (χ1n) is 15.2. The molecule has 2 aliphatic rings. The van der Waals surface area contributed by atoms with Gasteiger partial charge in [-0.1, -0.05) is 11.6 Å². The van der Waals surface area contributed by atoms with Gasteiger partial charge in [0.25, 0.3) is 5.91 Å². The fourth-order valence-corrected chi connectivity index (χ4v) is 6.09. The van der Waals surface area contributed by atoms with Crippen LogP contribution in [0.1, 0.15) is 29.4 Å². The topological polar surface area (TPSA) is 109 Å². The summed E-state index contributed by atoms with van der Waals surface area (Å²) >= 11 is 5.88. The number of aryl methyl sites for hydroxylation is 1. The third-order valence-electron chi connectivity index (χ3n) is 8.07. The first-order valence-corrected chi connectivity index (χ1v) is 15.6. The van der Waals surface area contributed by atoms with Crippen molar-refractivity contribution in [2.75, 3.05) is 49.1 Å². The Morgan fingerprint density at radius 1 is 1.09 bits per heavy atom. The summed E-state index contributed by atoms with van der Waals surface area (Å²) in [4.78, 5) is 40.8. The van der Waals surface area contributed by atoms with E-state index in [1.807, 2.05) is 30.2 Å². The van der Waals surface area contributed by atoms with Crippen molar-refractivity contribution < 1.29 is 27.5 Å². The van der Waals surface area contributed by atoms with Crippen LogP contribution in [-0.2, 0) is 12.7 Å². The Morgan fingerprint density at radius 3 is 2.68 bits per heavy atom. The Kier molecular flexibility index (Phi) is 9.21. The van der Waals surface area contributed by atoms with E-state index in [0.717, 1.165) is 11.0 Å². The summed E-state index contributed by atoms with van der Waals surface area (Å²) in [6, 6.07) is 11.5. The molecule has 3 aromatic heterocycles.